The summed E-state index contributed by atoms with van der Waals surface area (Å²) in [4.78, 5) is 12.2. The fraction of sp³-hybridized carbons (Fsp3) is 0.0714. The minimum atomic E-state index is -0.534. The van der Waals surface area contributed by atoms with Gasteiger partial charge in [-0.05, 0) is 36.4 Å². The highest BCUT2D eigenvalue weighted by molar-refractivity contribution is 9.10. The average molecular weight is 359 g/mol. The zero-order chi connectivity index (χ0) is 14.7. The fourth-order valence-corrected chi connectivity index (χ4v) is 2.14. The number of methoxy groups -OCH3 is 1. The van der Waals surface area contributed by atoms with E-state index >= 15 is 0 Å². The number of hydrogen-bond acceptors (Lipinski definition) is 2. The molecule has 0 atom stereocenters. The van der Waals surface area contributed by atoms with Crippen molar-refractivity contribution in [3.8, 4) is 5.75 Å². The summed E-state index contributed by atoms with van der Waals surface area (Å²) in [6.07, 6.45) is 0. The predicted molar refractivity (Wildman–Crippen MR) is 80.1 cm³/mol. The van der Waals surface area contributed by atoms with Gasteiger partial charge in [0, 0.05) is 9.50 Å². The Morgan fingerprint density at radius 3 is 2.70 bits per heavy atom. The summed E-state index contributed by atoms with van der Waals surface area (Å²) in [7, 11) is 1.44. The maximum absolute atomic E-state index is 13.7. The first-order valence-electron chi connectivity index (χ1n) is 5.61. The topological polar surface area (TPSA) is 38.3 Å². The van der Waals surface area contributed by atoms with Crippen LogP contribution in [0.5, 0.6) is 5.75 Å². The van der Waals surface area contributed by atoms with Crippen molar-refractivity contribution in [2.75, 3.05) is 12.4 Å². The average Bonchev–Trinajstić information content (AvgIpc) is 2.41. The number of ether oxygens (including phenoxy) is 1. The Balaban J connectivity index is 2.30. The third-order valence-electron chi connectivity index (χ3n) is 2.59. The molecular weight excluding hydrogens is 349 g/mol. The van der Waals surface area contributed by atoms with Crippen LogP contribution in [0.2, 0.25) is 5.02 Å². The van der Waals surface area contributed by atoms with E-state index < -0.39 is 11.7 Å². The monoisotopic (exact) mass is 357 g/mol. The van der Waals surface area contributed by atoms with Crippen LogP contribution >= 0.6 is 27.5 Å². The van der Waals surface area contributed by atoms with E-state index in [-0.39, 0.29) is 11.3 Å². The highest BCUT2D eigenvalue weighted by Crippen LogP contribution is 2.25. The number of amides is 1. The molecule has 0 fully saturated rings. The lowest BCUT2D eigenvalue weighted by Crippen LogP contribution is -2.14. The van der Waals surface area contributed by atoms with Crippen LogP contribution in [0, 0.1) is 5.82 Å². The molecule has 0 saturated carbocycles. The van der Waals surface area contributed by atoms with Crippen molar-refractivity contribution in [3.63, 3.8) is 0 Å². The van der Waals surface area contributed by atoms with Crippen molar-refractivity contribution in [3.05, 3.63) is 57.3 Å². The molecule has 0 unspecified atom stereocenters. The van der Waals surface area contributed by atoms with Gasteiger partial charge in [0.05, 0.1) is 18.4 Å². The molecule has 0 aliphatic rings. The summed E-state index contributed by atoms with van der Waals surface area (Å²) < 4.78 is 19.4. The fourth-order valence-electron chi connectivity index (χ4n) is 1.64. The molecule has 0 aliphatic carbocycles. The molecular formula is C14H10BrClFNO2. The van der Waals surface area contributed by atoms with Gasteiger partial charge in [-0.15, -0.1) is 0 Å². The number of anilines is 1. The molecule has 6 heteroatoms. The van der Waals surface area contributed by atoms with Crippen LogP contribution in [0.1, 0.15) is 10.4 Å². The standard InChI is InChI=1S/C14H10BrClFNO2/c1-20-13-5-3-9(16)7-10(13)14(19)18-12-4-2-8(15)6-11(12)17/h2-7H,1H3,(H,18,19). The highest BCUT2D eigenvalue weighted by Gasteiger charge is 2.15. The second kappa shape index (κ2) is 6.24. The molecule has 2 aromatic rings. The normalized spacial score (nSPS) is 10.2. The number of nitrogens with one attached hydrogen (secondary N) is 1. The zero-order valence-corrected chi connectivity index (χ0v) is 12.8. The van der Waals surface area contributed by atoms with Crippen molar-refractivity contribution in [1.29, 1.82) is 0 Å². The number of benzene rings is 2. The molecule has 0 aliphatic heterocycles. The molecule has 1 amide bonds. The van der Waals surface area contributed by atoms with Gasteiger partial charge in [-0.25, -0.2) is 4.39 Å². The van der Waals surface area contributed by atoms with Crippen LogP contribution in [0.25, 0.3) is 0 Å². The van der Waals surface area contributed by atoms with Crippen LogP contribution in [0.4, 0.5) is 10.1 Å². The van der Waals surface area contributed by atoms with E-state index in [2.05, 4.69) is 21.2 Å². The Hall–Kier alpha value is -1.59. The molecule has 0 radical (unpaired) electrons. The van der Waals surface area contributed by atoms with Gasteiger partial charge in [-0.1, -0.05) is 27.5 Å². The summed E-state index contributed by atoms with van der Waals surface area (Å²) in [5.74, 6) is -0.663. The van der Waals surface area contributed by atoms with E-state index in [1.165, 1.54) is 25.3 Å². The molecule has 2 aromatic carbocycles. The largest absolute Gasteiger partial charge is 0.496 e. The second-order valence-corrected chi connectivity index (χ2v) is 5.28. The van der Waals surface area contributed by atoms with Crippen molar-refractivity contribution < 1.29 is 13.9 Å². The van der Waals surface area contributed by atoms with Crippen molar-refractivity contribution in [2.24, 2.45) is 0 Å². The maximum Gasteiger partial charge on any atom is 0.259 e. The molecule has 0 aromatic heterocycles. The van der Waals surface area contributed by atoms with Crippen LogP contribution in [-0.2, 0) is 0 Å². The van der Waals surface area contributed by atoms with Crippen LogP contribution in [0.15, 0.2) is 40.9 Å². The van der Waals surface area contributed by atoms with Crippen LogP contribution < -0.4 is 10.1 Å². The first-order valence-corrected chi connectivity index (χ1v) is 6.78. The summed E-state index contributed by atoms with van der Waals surface area (Å²) in [6.45, 7) is 0. The van der Waals surface area contributed by atoms with Gasteiger partial charge in [0.15, 0.2) is 0 Å². The summed E-state index contributed by atoms with van der Waals surface area (Å²) in [5.41, 5.74) is 0.322. The molecule has 20 heavy (non-hydrogen) atoms. The smallest absolute Gasteiger partial charge is 0.259 e. The molecule has 0 saturated heterocycles. The Morgan fingerprint density at radius 1 is 1.30 bits per heavy atom. The van der Waals surface area contributed by atoms with Crippen molar-refractivity contribution in [2.45, 2.75) is 0 Å². The van der Waals surface area contributed by atoms with Gasteiger partial charge < -0.3 is 10.1 Å². The predicted octanol–water partition coefficient (Wildman–Crippen LogP) is 4.50. The lowest BCUT2D eigenvalue weighted by atomic mass is 10.2. The Kier molecular flexibility index (Phi) is 4.62. The van der Waals surface area contributed by atoms with Gasteiger partial charge in [0.1, 0.15) is 11.6 Å². The Morgan fingerprint density at radius 2 is 2.05 bits per heavy atom. The maximum atomic E-state index is 13.7. The minimum Gasteiger partial charge on any atom is -0.496 e. The summed E-state index contributed by atoms with van der Waals surface area (Å²) >= 11 is 9.01. The molecule has 0 heterocycles. The molecule has 0 bridgehead atoms. The lowest BCUT2D eigenvalue weighted by Gasteiger charge is -2.10. The summed E-state index contributed by atoms with van der Waals surface area (Å²) in [5, 5.41) is 2.88. The lowest BCUT2D eigenvalue weighted by molar-refractivity contribution is 0.102. The first kappa shape index (κ1) is 14.8. The SMILES string of the molecule is COc1ccc(Cl)cc1C(=O)Nc1ccc(Br)cc1F. The van der Waals surface area contributed by atoms with Crippen LogP contribution in [0.3, 0.4) is 0 Å². The molecule has 3 nitrogen and oxygen atoms in total. The molecule has 104 valence electrons. The number of rotatable bonds is 3. The third kappa shape index (κ3) is 3.29. The van der Waals surface area contributed by atoms with Gasteiger partial charge >= 0.3 is 0 Å². The number of carbonyl (C=O) groups is 1. The number of hydrogen-bond donors (Lipinski definition) is 1. The van der Waals surface area contributed by atoms with E-state index in [9.17, 15) is 9.18 Å². The number of carbonyl (C=O) groups excluding carboxylic acids is 1. The molecule has 1 N–H and O–H groups in total. The number of halogens is 3. The van der Waals surface area contributed by atoms with Crippen molar-refractivity contribution in [1.82, 2.24) is 0 Å². The van der Waals surface area contributed by atoms with Gasteiger partial charge in [-0.2, -0.15) is 0 Å². The van der Waals surface area contributed by atoms with E-state index in [1.54, 1.807) is 18.2 Å². The van der Waals surface area contributed by atoms with Crippen LogP contribution in [-0.4, -0.2) is 13.0 Å². The quantitative estimate of drug-likeness (QED) is 0.877. The van der Waals surface area contributed by atoms with E-state index in [0.29, 0.717) is 15.2 Å². The second-order valence-electron chi connectivity index (χ2n) is 3.92. The van der Waals surface area contributed by atoms with Gasteiger partial charge in [0.25, 0.3) is 5.91 Å². The van der Waals surface area contributed by atoms with E-state index in [1.807, 2.05) is 0 Å². The van der Waals surface area contributed by atoms with Gasteiger partial charge in [-0.3, -0.25) is 4.79 Å². The summed E-state index contributed by atoms with van der Waals surface area (Å²) in [6, 6.07) is 9.02. The highest BCUT2D eigenvalue weighted by atomic mass is 79.9. The van der Waals surface area contributed by atoms with Crippen molar-refractivity contribution >= 4 is 39.1 Å². The van der Waals surface area contributed by atoms with E-state index in [0.717, 1.165) is 0 Å². The molecule has 2 rings (SSSR count). The molecule has 0 spiro atoms. The zero-order valence-electron chi connectivity index (χ0n) is 10.4. The third-order valence-corrected chi connectivity index (χ3v) is 3.31. The van der Waals surface area contributed by atoms with Gasteiger partial charge in [0.2, 0.25) is 0 Å². The Bertz CT molecular complexity index is 664. The minimum absolute atomic E-state index is 0.0835. The van der Waals surface area contributed by atoms with E-state index in [4.69, 9.17) is 16.3 Å². The first-order chi connectivity index (χ1) is 9.51. The Labute approximate surface area is 128 Å².